The highest BCUT2D eigenvalue weighted by Gasteiger charge is 2.27. The summed E-state index contributed by atoms with van der Waals surface area (Å²) in [5.41, 5.74) is 2.70. The van der Waals surface area contributed by atoms with Crippen molar-refractivity contribution in [1.82, 2.24) is 25.7 Å². The van der Waals surface area contributed by atoms with E-state index in [2.05, 4.69) is 39.6 Å². The summed E-state index contributed by atoms with van der Waals surface area (Å²) in [6.45, 7) is 9.16. The van der Waals surface area contributed by atoms with Gasteiger partial charge >= 0.3 is 0 Å². The number of H-pyrrole nitrogens is 1. The molecule has 0 aliphatic carbocycles. The van der Waals surface area contributed by atoms with Gasteiger partial charge in [0.15, 0.2) is 5.69 Å². The Kier molecular flexibility index (Phi) is 4.78. The molecule has 1 aromatic heterocycles. The largest absolute Gasteiger partial charge is 0.349 e. The van der Waals surface area contributed by atoms with Gasteiger partial charge in [-0.3, -0.25) is 14.8 Å². The summed E-state index contributed by atoms with van der Waals surface area (Å²) in [6, 6.07) is 0.472. The Morgan fingerprint density at radius 1 is 1.50 bits per heavy atom. The van der Waals surface area contributed by atoms with Crippen LogP contribution in [0.4, 0.5) is 0 Å². The first kappa shape index (κ1) is 15.5. The van der Waals surface area contributed by atoms with Gasteiger partial charge in [0.25, 0.3) is 5.91 Å². The van der Waals surface area contributed by atoms with Gasteiger partial charge in [0.05, 0.1) is 0 Å². The number of fused-ring (bicyclic) bond motifs is 1. The number of aromatic amines is 1. The van der Waals surface area contributed by atoms with E-state index in [1.807, 2.05) is 0 Å². The standard InChI is InChI=1S/C16H27N5O/c1-11(2)10-21-7-3-4-12(21)8-18-16(22)15-13-9-17-6-5-14(13)19-20-15/h11-12,17H,3-10H2,1-2H3,(H,18,22)(H,19,20)/t12-/m1/s1. The van der Waals surface area contributed by atoms with Crippen LogP contribution in [0.1, 0.15) is 48.4 Å². The van der Waals surface area contributed by atoms with Crippen LogP contribution in [0.15, 0.2) is 0 Å². The molecule has 122 valence electrons. The van der Waals surface area contributed by atoms with Gasteiger partial charge in [0.1, 0.15) is 0 Å². The third-order valence-electron chi connectivity index (χ3n) is 4.62. The molecule has 0 bridgehead atoms. The van der Waals surface area contributed by atoms with Crippen LogP contribution in [0.5, 0.6) is 0 Å². The summed E-state index contributed by atoms with van der Waals surface area (Å²) in [4.78, 5) is 14.9. The minimum atomic E-state index is -0.0439. The monoisotopic (exact) mass is 305 g/mol. The molecule has 0 unspecified atom stereocenters. The molecule has 3 N–H and O–H groups in total. The molecule has 6 heteroatoms. The summed E-state index contributed by atoms with van der Waals surface area (Å²) in [5.74, 6) is 0.623. The van der Waals surface area contributed by atoms with E-state index in [4.69, 9.17) is 0 Å². The van der Waals surface area contributed by atoms with Crippen LogP contribution in [0, 0.1) is 5.92 Å². The number of aromatic nitrogens is 2. The Balaban J connectivity index is 1.57. The maximum absolute atomic E-state index is 12.4. The third kappa shape index (κ3) is 3.33. The highest BCUT2D eigenvalue weighted by Crippen LogP contribution is 2.19. The van der Waals surface area contributed by atoms with E-state index in [-0.39, 0.29) is 5.91 Å². The fraction of sp³-hybridized carbons (Fsp3) is 0.750. The first-order valence-corrected chi connectivity index (χ1v) is 8.44. The lowest BCUT2D eigenvalue weighted by Crippen LogP contribution is -2.42. The topological polar surface area (TPSA) is 73.0 Å². The van der Waals surface area contributed by atoms with Gasteiger partial charge in [-0.25, -0.2) is 0 Å². The fourth-order valence-corrected chi connectivity index (χ4v) is 3.54. The van der Waals surface area contributed by atoms with E-state index in [0.717, 1.165) is 50.4 Å². The normalized spacial score (nSPS) is 22.0. The van der Waals surface area contributed by atoms with Crippen LogP contribution >= 0.6 is 0 Å². The molecule has 1 fully saturated rings. The number of amides is 1. The van der Waals surface area contributed by atoms with Crippen LogP contribution in [-0.2, 0) is 13.0 Å². The SMILES string of the molecule is CC(C)CN1CCC[C@@H]1CNC(=O)c1n[nH]c2c1CNCC2. The number of carbonyl (C=O) groups excluding carboxylic acids is 1. The van der Waals surface area contributed by atoms with Crippen molar-refractivity contribution in [3.05, 3.63) is 17.0 Å². The van der Waals surface area contributed by atoms with E-state index < -0.39 is 0 Å². The van der Waals surface area contributed by atoms with Crippen LogP contribution in [0.25, 0.3) is 0 Å². The summed E-state index contributed by atoms with van der Waals surface area (Å²) in [5, 5.41) is 13.6. The number of hydrogen-bond donors (Lipinski definition) is 3. The summed E-state index contributed by atoms with van der Waals surface area (Å²) in [6.07, 6.45) is 3.32. The number of hydrogen-bond acceptors (Lipinski definition) is 4. The number of nitrogens with one attached hydrogen (secondary N) is 3. The van der Waals surface area contributed by atoms with Gasteiger partial charge in [-0.1, -0.05) is 13.8 Å². The lowest BCUT2D eigenvalue weighted by atomic mass is 10.1. The van der Waals surface area contributed by atoms with E-state index in [0.29, 0.717) is 17.7 Å². The molecule has 3 rings (SSSR count). The van der Waals surface area contributed by atoms with Gasteiger partial charge < -0.3 is 10.6 Å². The third-order valence-corrected chi connectivity index (χ3v) is 4.62. The molecule has 2 aliphatic rings. The van der Waals surface area contributed by atoms with Crippen LogP contribution < -0.4 is 10.6 Å². The number of rotatable bonds is 5. The maximum atomic E-state index is 12.4. The molecule has 0 aromatic carbocycles. The highest BCUT2D eigenvalue weighted by atomic mass is 16.1. The molecule has 1 aromatic rings. The maximum Gasteiger partial charge on any atom is 0.272 e. The van der Waals surface area contributed by atoms with Crippen molar-refractivity contribution >= 4 is 5.91 Å². The van der Waals surface area contributed by atoms with Gasteiger partial charge in [-0.05, 0) is 25.3 Å². The molecule has 6 nitrogen and oxygen atoms in total. The fourth-order valence-electron chi connectivity index (χ4n) is 3.54. The Labute approximate surface area is 132 Å². The van der Waals surface area contributed by atoms with Crippen molar-refractivity contribution in [2.75, 3.05) is 26.2 Å². The van der Waals surface area contributed by atoms with Crippen molar-refractivity contribution in [1.29, 1.82) is 0 Å². The van der Waals surface area contributed by atoms with Crippen LogP contribution in [0.3, 0.4) is 0 Å². The second kappa shape index (κ2) is 6.79. The van der Waals surface area contributed by atoms with E-state index in [1.54, 1.807) is 0 Å². The Hall–Kier alpha value is -1.40. The molecule has 3 heterocycles. The van der Waals surface area contributed by atoms with Crippen molar-refractivity contribution in [2.45, 2.75) is 45.7 Å². The minimum Gasteiger partial charge on any atom is -0.349 e. The van der Waals surface area contributed by atoms with Gasteiger partial charge in [-0.2, -0.15) is 5.10 Å². The zero-order valence-electron chi connectivity index (χ0n) is 13.6. The molecular weight excluding hydrogens is 278 g/mol. The van der Waals surface area contributed by atoms with Gasteiger partial charge in [0.2, 0.25) is 0 Å². The van der Waals surface area contributed by atoms with Crippen LogP contribution in [0.2, 0.25) is 0 Å². The van der Waals surface area contributed by atoms with Crippen molar-refractivity contribution < 1.29 is 4.79 Å². The number of nitrogens with zero attached hydrogens (tertiary/aromatic N) is 2. The summed E-state index contributed by atoms with van der Waals surface area (Å²) >= 11 is 0. The second-order valence-corrected chi connectivity index (χ2v) is 6.85. The summed E-state index contributed by atoms with van der Waals surface area (Å²) < 4.78 is 0. The number of likely N-dealkylation sites (tertiary alicyclic amines) is 1. The first-order valence-electron chi connectivity index (χ1n) is 8.44. The first-order chi connectivity index (χ1) is 10.6. The molecule has 22 heavy (non-hydrogen) atoms. The predicted octanol–water partition coefficient (Wildman–Crippen LogP) is 0.906. The zero-order valence-corrected chi connectivity index (χ0v) is 13.6. The smallest absolute Gasteiger partial charge is 0.272 e. The van der Waals surface area contributed by atoms with E-state index in [9.17, 15) is 4.79 Å². The molecule has 2 aliphatic heterocycles. The molecule has 0 saturated carbocycles. The average Bonchev–Trinajstić information content (AvgIpc) is 3.11. The van der Waals surface area contributed by atoms with Crippen molar-refractivity contribution in [3.63, 3.8) is 0 Å². The van der Waals surface area contributed by atoms with Crippen LogP contribution in [-0.4, -0.2) is 53.2 Å². The lowest BCUT2D eigenvalue weighted by molar-refractivity contribution is 0.0933. The van der Waals surface area contributed by atoms with Crippen molar-refractivity contribution in [2.24, 2.45) is 5.92 Å². The predicted molar refractivity (Wildman–Crippen MR) is 85.8 cm³/mol. The quantitative estimate of drug-likeness (QED) is 0.756. The van der Waals surface area contributed by atoms with Crippen molar-refractivity contribution in [3.8, 4) is 0 Å². The Morgan fingerprint density at radius 3 is 3.18 bits per heavy atom. The second-order valence-electron chi connectivity index (χ2n) is 6.85. The molecule has 1 atom stereocenters. The number of carbonyl (C=O) groups is 1. The molecular formula is C16H27N5O. The van der Waals surface area contributed by atoms with E-state index >= 15 is 0 Å². The molecule has 0 radical (unpaired) electrons. The Bertz CT molecular complexity index is 525. The van der Waals surface area contributed by atoms with Gasteiger partial charge in [0, 0.05) is 49.9 Å². The zero-order chi connectivity index (χ0) is 15.5. The lowest BCUT2D eigenvalue weighted by Gasteiger charge is -2.26. The molecule has 0 spiro atoms. The highest BCUT2D eigenvalue weighted by molar-refractivity contribution is 5.94. The average molecular weight is 305 g/mol. The van der Waals surface area contributed by atoms with Gasteiger partial charge in [-0.15, -0.1) is 0 Å². The molecule has 1 amide bonds. The minimum absolute atomic E-state index is 0.0439. The van der Waals surface area contributed by atoms with E-state index in [1.165, 1.54) is 12.8 Å². The summed E-state index contributed by atoms with van der Waals surface area (Å²) in [7, 11) is 0. The Morgan fingerprint density at radius 2 is 2.36 bits per heavy atom. The molecule has 1 saturated heterocycles.